The monoisotopic (exact) mass is 489 g/mol. The molecule has 0 saturated carbocycles. The van der Waals surface area contributed by atoms with Crippen LogP contribution < -0.4 is 15.4 Å². The number of carbonyl (C=O) groups is 1. The van der Waals surface area contributed by atoms with E-state index in [0.29, 0.717) is 35.6 Å². The average molecular weight is 490 g/mol. The summed E-state index contributed by atoms with van der Waals surface area (Å²) in [5.41, 5.74) is 1.20. The Morgan fingerprint density at radius 3 is 2.91 bits per heavy atom. The van der Waals surface area contributed by atoms with Gasteiger partial charge in [-0.25, -0.2) is 18.7 Å². The summed E-state index contributed by atoms with van der Waals surface area (Å²) in [4.78, 5) is 22.7. The Labute approximate surface area is 199 Å². The van der Waals surface area contributed by atoms with Gasteiger partial charge in [-0.05, 0) is 31.3 Å². The number of likely N-dealkylation sites (N-methyl/N-ethyl adjacent to an activating group) is 1. The molecular formula is C23H22ClF2N5O3. The molecule has 2 N–H and O–H groups in total. The zero-order chi connectivity index (χ0) is 24.2. The van der Waals surface area contributed by atoms with Crippen LogP contribution in [0.15, 0.2) is 49.1 Å². The van der Waals surface area contributed by atoms with Crippen molar-refractivity contribution in [1.29, 1.82) is 0 Å². The molecule has 3 aromatic rings. The first-order valence-corrected chi connectivity index (χ1v) is 10.8. The van der Waals surface area contributed by atoms with E-state index < -0.39 is 17.6 Å². The summed E-state index contributed by atoms with van der Waals surface area (Å²) >= 11 is 5.87. The lowest BCUT2D eigenvalue weighted by Gasteiger charge is -2.30. The van der Waals surface area contributed by atoms with Crippen LogP contribution in [0, 0.1) is 5.82 Å². The average Bonchev–Trinajstić information content (AvgIpc) is 2.80. The zero-order valence-electron chi connectivity index (χ0n) is 18.3. The molecule has 1 aliphatic rings. The molecule has 0 spiro atoms. The van der Waals surface area contributed by atoms with Crippen molar-refractivity contribution >= 4 is 45.6 Å². The van der Waals surface area contributed by atoms with Crippen molar-refractivity contribution in [2.45, 2.75) is 6.10 Å². The van der Waals surface area contributed by atoms with E-state index >= 15 is 0 Å². The van der Waals surface area contributed by atoms with E-state index in [9.17, 15) is 13.6 Å². The quantitative estimate of drug-likeness (QED) is 0.478. The van der Waals surface area contributed by atoms with E-state index in [1.165, 1.54) is 24.5 Å². The van der Waals surface area contributed by atoms with Crippen LogP contribution in [0.25, 0.3) is 10.9 Å². The van der Waals surface area contributed by atoms with E-state index in [1.807, 2.05) is 7.05 Å². The Morgan fingerprint density at radius 1 is 1.35 bits per heavy atom. The fraction of sp³-hybridized carbons (Fsp3) is 0.261. The second-order valence-corrected chi connectivity index (χ2v) is 8.17. The van der Waals surface area contributed by atoms with Crippen LogP contribution in [-0.2, 0) is 9.53 Å². The molecule has 0 bridgehead atoms. The summed E-state index contributed by atoms with van der Waals surface area (Å²) in [5, 5.41) is 5.97. The Morgan fingerprint density at radius 2 is 2.18 bits per heavy atom. The highest BCUT2D eigenvalue weighted by molar-refractivity contribution is 6.31. The van der Waals surface area contributed by atoms with Gasteiger partial charge >= 0.3 is 0 Å². The number of benzene rings is 2. The van der Waals surface area contributed by atoms with Crippen LogP contribution in [-0.4, -0.2) is 60.2 Å². The maximum absolute atomic E-state index is 13.5. The first kappa shape index (κ1) is 23.8. The number of fused-ring (bicyclic) bond motifs is 1. The van der Waals surface area contributed by atoms with E-state index in [-0.39, 0.29) is 29.2 Å². The number of nitrogens with one attached hydrogen (secondary N) is 2. The molecule has 2 heterocycles. The molecule has 4 rings (SSSR count). The Bertz CT molecular complexity index is 1240. The van der Waals surface area contributed by atoms with Gasteiger partial charge in [0.25, 0.3) is 5.91 Å². The van der Waals surface area contributed by atoms with Crippen molar-refractivity contribution in [3.05, 3.63) is 59.9 Å². The second-order valence-electron chi connectivity index (χ2n) is 7.77. The van der Waals surface area contributed by atoms with Gasteiger partial charge in [-0.1, -0.05) is 18.2 Å². The first-order valence-electron chi connectivity index (χ1n) is 10.4. The Kier molecular flexibility index (Phi) is 7.20. The van der Waals surface area contributed by atoms with Crippen LogP contribution in [0.1, 0.15) is 0 Å². The molecule has 8 nitrogen and oxygen atoms in total. The van der Waals surface area contributed by atoms with Crippen LogP contribution in [0.2, 0.25) is 5.02 Å². The number of anilines is 3. The number of morpholine rings is 1. The lowest BCUT2D eigenvalue weighted by Crippen LogP contribution is -2.42. The number of hydrogen-bond acceptors (Lipinski definition) is 7. The fourth-order valence-electron chi connectivity index (χ4n) is 3.45. The summed E-state index contributed by atoms with van der Waals surface area (Å²) in [6.07, 6.45) is 1.18. The number of ether oxygens (including phenoxy) is 2. The van der Waals surface area contributed by atoms with Crippen molar-refractivity contribution in [2.24, 2.45) is 0 Å². The molecule has 1 atom stereocenters. The molecule has 0 aliphatic carbocycles. The lowest BCUT2D eigenvalue weighted by atomic mass is 10.1. The number of rotatable bonds is 7. The standard InChI is InChI=1S/C23H22ClF2N5O3/c1-13(25)23(32)30-20-8-16-19(9-21(20)34-11-15-10-31(2)5-6-33-15)27-12-28-22(16)29-14-3-4-18(26)17(24)7-14/h3-4,7-9,12,15H,1,5-6,10-11H2,2H3,(H,30,32)(H,27,28,29). The molecule has 1 saturated heterocycles. The SMILES string of the molecule is C=C(F)C(=O)Nc1cc2c(Nc3ccc(F)c(Cl)c3)ncnc2cc1OCC1CN(C)CCO1. The van der Waals surface area contributed by atoms with Crippen molar-refractivity contribution in [3.8, 4) is 5.75 Å². The number of carbonyl (C=O) groups excluding carboxylic acids is 1. The van der Waals surface area contributed by atoms with Crippen molar-refractivity contribution in [3.63, 3.8) is 0 Å². The number of amides is 1. The molecular weight excluding hydrogens is 468 g/mol. The van der Waals surface area contributed by atoms with Gasteiger partial charge in [0.1, 0.15) is 36.4 Å². The maximum atomic E-state index is 13.5. The van der Waals surface area contributed by atoms with E-state index in [1.54, 1.807) is 12.1 Å². The number of aromatic nitrogens is 2. The molecule has 1 amide bonds. The molecule has 1 fully saturated rings. The third-order valence-corrected chi connectivity index (χ3v) is 5.47. The number of halogens is 3. The predicted octanol–water partition coefficient (Wildman–Crippen LogP) is 4.30. The van der Waals surface area contributed by atoms with Gasteiger partial charge in [0.05, 0.1) is 22.8 Å². The zero-order valence-corrected chi connectivity index (χ0v) is 19.0. The minimum absolute atomic E-state index is 0.0518. The minimum atomic E-state index is -1.15. The van der Waals surface area contributed by atoms with Crippen LogP contribution >= 0.6 is 11.6 Å². The van der Waals surface area contributed by atoms with Crippen molar-refractivity contribution < 1.29 is 23.0 Å². The van der Waals surface area contributed by atoms with Gasteiger partial charge in [-0.15, -0.1) is 0 Å². The third-order valence-electron chi connectivity index (χ3n) is 5.18. The number of nitrogens with zero attached hydrogens (tertiary/aromatic N) is 3. The van der Waals surface area contributed by atoms with Gasteiger partial charge in [-0.3, -0.25) is 4.79 Å². The first-order chi connectivity index (χ1) is 16.3. The second kappa shape index (κ2) is 10.3. The van der Waals surface area contributed by atoms with E-state index in [4.69, 9.17) is 21.1 Å². The summed E-state index contributed by atoms with van der Waals surface area (Å²) in [7, 11) is 1.99. The summed E-state index contributed by atoms with van der Waals surface area (Å²) in [6.45, 7) is 5.36. The molecule has 178 valence electrons. The number of hydrogen-bond donors (Lipinski definition) is 2. The van der Waals surface area contributed by atoms with Crippen LogP contribution in [0.5, 0.6) is 5.75 Å². The molecule has 1 unspecified atom stereocenters. The largest absolute Gasteiger partial charge is 0.489 e. The van der Waals surface area contributed by atoms with Gasteiger partial charge < -0.3 is 25.0 Å². The maximum Gasteiger partial charge on any atom is 0.283 e. The van der Waals surface area contributed by atoms with Crippen LogP contribution in [0.4, 0.5) is 26.0 Å². The van der Waals surface area contributed by atoms with E-state index in [2.05, 4.69) is 32.1 Å². The highest BCUT2D eigenvalue weighted by Gasteiger charge is 2.20. The smallest absolute Gasteiger partial charge is 0.283 e. The van der Waals surface area contributed by atoms with Gasteiger partial charge in [0.15, 0.2) is 5.83 Å². The normalized spacial score (nSPS) is 16.3. The Hall–Kier alpha value is -3.34. The third kappa shape index (κ3) is 5.58. The molecule has 0 radical (unpaired) electrons. The van der Waals surface area contributed by atoms with E-state index in [0.717, 1.165) is 6.54 Å². The molecule has 1 aromatic heterocycles. The predicted molar refractivity (Wildman–Crippen MR) is 126 cm³/mol. The molecule has 34 heavy (non-hydrogen) atoms. The van der Waals surface area contributed by atoms with Gasteiger partial charge in [-0.2, -0.15) is 0 Å². The highest BCUT2D eigenvalue weighted by atomic mass is 35.5. The van der Waals surface area contributed by atoms with Gasteiger partial charge in [0.2, 0.25) is 0 Å². The molecule has 11 heteroatoms. The van der Waals surface area contributed by atoms with Crippen molar-refractivity contribution in [2.75, 3.05) is 44.0 Å². The van der Waals surface area contributed by atoms with Crippen molar-refractivity contribution in [1.82, 2.24) is 14.9 Å². The minimum Gasteiger partial charge on any atom is -0.489 e. The molecule has 2 aromatic carbocycles. The fourth-order valence-corrected chi connectivity index (χ4v) is 3.63. The summed E-state index contributed by atoms with van der Waals surface area (Å²) in [5.74, 6) is -2.05. The highest BCUT2D eigenvalue weighted by Crippen LogP contribution is 2.34. The Balaban J connectivity index is 1.67. The summed E-state index contributed by atoms with van der Waals surface area (Å²) < 4.78 is 38.6. The summed E-state index contributed by atoms with van der Waals surface area (Å²) in [6, 6.07) is 7.32. The topological polar surface area (TPSA) is 88.6 Å². The molecule has 1 aliphatic heterocycles. The lowest BCUT2D eigenvalue weighted by molar-refractivity contribution is -0.114. The van der Waals surface area contributed by atoms with Crippen LogP contribution in [0.3, 0.4) is 0 Å². The van der Waals surface area contributed by atoms with Gasteiger partial charge in [0, 0.05) is 30.2 Å².